The Labute approximate surface area is 214 Å². The highest BCUT2D eigenvalue weighted by Gasteiger charge is 2.45. The molecule has 194 valence electrons. The lowest BCUT2D eigenvalue weighted by atomic mass is 9.62. The van der Waals surface area contributed by atoms with Crippen molar-refractivity contribution in [1.29, 1.82) is 0 Å². The van der Waals surface area contributed by atoms with Gasteiger partial charge in [0, 0.05) is 6.42 Å². The zero-order chi connectivity index (χ0) is 26.1. The van der Waals surface area contributed by atoms with Gasteiger partial charge in [-0.25, -0.2) is 8.42 Å². The predicted molar refractivity (Wildman–Crippen MR) is 141 cm³/mol. The number of rotatable bonds is 6. The standard InChI is InChI=1S/C30H37FO4S/c1-20(11-16-29(31)36(34,35)25-9-5-4-6-10-25)26-14-15-27-22(8-7-17-30(26,27)3)12-13-23-18-24(32)19-28(33)21(23)2/h4-6,9-10,12-14,16,20,24,27-28,32-33H,2,7-8,11,15,17-19H2,1,3H3/b22-12+,23-13-,29-16-/t20-,24+,27+,28-,30-/m1/s1. The largest absolute Gasteiger partial charge is 0.393 e. The van der Waals surface area contributed by atoms with E-state index in [1.165, 1.54) is 29.4 Å². The predicted octanol–water partition coefficient (Wildman–Crippen LogP) is 6.36. The molecule has 3 aliphatic carbocycles. The smallest absolute Gasteiger partial charge is 0.232 e. The van der Waals surface area contributed by atoms with Crippen molar-refractivity contribution in [2.45, 2.75) is 75.9 Å². The number of allylic oxidation sites excluding steroid dienone is 6. The maximum absolute atomic E-state index is 14.8. The fraction of sp³-hybridized carbons (Fsp3) is 0.467. The molecule has 0 aromatic heterocycles. The van der Waals surface area contributed by atoms with Crippen molar-refractivity contribution in [1.82, 2.24) is 0 Å². The van der Waals surface area contributed by atoms with Crippen LogP contribution in [0.5, 0.6) is 0 Å². The van der Waals surface area contributed by atoms with E-state index in [9.17, 15) is 23.0 Å². The van der Waals surface area contributed by atoms with Crippen molar-refractivity contribution in [2.24, 2.45) is 17.3 Å². The van der Waals surface area contributed by atoms with E-state index in [1.54, 1.807) is 18.2 Å². The summed E-state index contributed by atoms with van der Waals surface area (Å²) in [6, 6.07) is 7.70. The van der Waals surface area contributed by atoms with Crippen LogP contribution < -0.4 is 0 Å². The Morgan fingerprint density at radius 1 is 1.25 bits per heavy atom. The molecule has 0 spiro atoms. The fourth-order valence-electron chi connectivity index (χ4n) is 6.30. The van der Waals surface area contributed by atoms with Crippen LogP contribution in [0.3, 0.4) is 0 Å². The number of hydrogen-bond donors (Lipinski definition) is 2. The molecule has 4 nitrogen and oxygen atoms in total. The van der Waals surface area contributed by atoms with Crippen LogP contribution in [0.2, 0.25) is 0 Å². The Morgan fingerprint density at radius 2 is 1.97 bits per heavy atom. The lowest BCUT2D eigenvalue weighted by molar-refractivity contribution is 0.0862. The molecule has 2 N–H and O–H groups in total. The number of fused-ring (bicyclic) bond motifs is 1. The number of sulfone groups is 1. The number of benzene rings is 1. The second-order valence-electron chi connectivity index (χ2n) is 10.7. The highest BCUT2D eigenvalue weighted by molar-refractivity contribution is 7.95. The summed E-state index contributed by atoms with van der Waals surface area (Å²) < 4.78 is 39.9. The van der Waals surface area contributed by atoms with E-state index < -0.39 is 27.2 Å². The second-order valence-corrected chi connectivity index (χ2v) is 12.6. The molecular weight excluding hydrogens is 475 g/mol. The molecule has 0 radical (unpaired) electrons. The Kier molecular flexibility index (Phi) is 7.89. The zero-order valence-electron chi connectivity index (χ0n) is 21.2. The van der Waals surface area contributed by atoms with Gasteiger partial charge >= 0.3 is 0 Å². The van der Waals surface area contributed by atoms with Gasteiger partial charge in [-0.3, -0.25) is 0 Å². The van der Waals surface area contributed by atoms with E-state index >= 15 is 0 Å². The van der Waals surface area contributed by atoms with Crippen molar-refractivity contribution in [2.75, 3.05) is 0 Å². The van der Waals surface area contributed by atoms with Gasteiger partial charge in [-0.1, -0.05) is 68.0 Å². The minimum atomic E-state index is -4.12. The molecule has 0 aliphatic heterocycles. The van der Waals surface area contributed by atoms with Gasteiger partial charge in [0.05, 0.1) is 17.1 Å². The minimum absolute atomic E-state index is 0.0258. The molecule has 0 saturated heterocycles. The molecule has 36 heavy (non-hydrogen) atoms. The summed E-state index contributed by atoms with van der Waals surface area (Å²) in [4.78, 5) is -0.0321. The van der Waals surface area contributed by atoms with E-state index in [0.29, 0.717) is 30.8 Å². The van der Waals surface area contributed by atoms with E-state index in [0.717, 1.165) is 31.3 Å². The molecule has 0 unspecified atom stereocenters. The van der Waals surface area contributed by atoms with Crippen molar-refractivity contribution in [3.63, 3.8) is 0 Å². The molecule has 2 fully saturated rings. The van der Waals surface area contributed by atoms with E-state index in [-0.39, 0.29) is 16.2 Å². The summed E-state index contributed by atoms with van der Waals surface area (Å²) >= 11 is 0. The Hall–Kier alpha value is -2.28. The molecule has 1 aromatic rings. The van der Waals surface area contributed by atoms with Crippen LogP contribution in [0.1, 0.15) is 58.8 Å². The van der Waals surface area contributed by atoms with Crippen LogP contribution >= 0.6 is 0 Å². The zero-order valence-corrected chi connectivity index (χ0v) is 22.0. The summed E-state index contributed by atoms with van der Waals surface area (Å²) in [5.41, 5.74) is 4.17. The molecule has 2 saturated carbocycles. The lowest BCUT2D eigenvalue weighted by Gasteiger charge is -2.42. The third kappa shape index (κ3) is 5.22. The van der Waals surface area contributed by atoms with Crippen molar-refractivity contribution >= 4 is 9.84 Å². The van der Waals surface area contributed by atoms with Crippen molar-refractivity contribution in [3.8, 4) is 0 Å². The van der Waals surface area contributed by atoms with Crippen LogP contribution in [0.15, 0.2) is 93.6 Å². The molecule has 0 amide bonds. The maximum atomic E-state index is 14.8. The monoisotopic (exact) mass is 512 g/mol. The SMILES string of the molecule is C=C1/C(=C\C=C2/CCC[C@]3(C)C([C@H](C)C/C=C(/F)S(=O)(=O)c4ccccc4)=CC[C@@H]23)C[C@H](O)C[C@H]1O. The lowest BCUT2D eigenvalue weighted by Crippen LogP contribution is -2.32. The van der Waals surface area contributed by atoms with Gasteiger partial charge in [0.2, 0.25) is 15.0 Å². The Morgan fingerprint density at radius 3 is 2.69 bits per heavy atom. The number of aliphatic hydroxyl groups excluding tert-OH is 2. The molecule has 0 heterocycles. The van der Waals surface area contributed by atoms with Gasteiger partial charge in [0.15, 0.2) is 0 Å². The van der Waals surface area contributed by atoms with Crippen LogP contribution in [0, 0.1) is 17.3 Å². The topological polar surface area (TPSA) is 74.6 Å². The van der Waals surface area contributed by atoms with Gasteiger partial charge in [0.25, 0.3) is 0 Å². The normalized spacial score (nSPS) is 32.5. The van der Waals surface area contributed by atoms with E-state index in [2.05, 4.69) is 25.7 Å². The van der Waals surface area contributed by atoms with Gasteiger partial charge in [-0.15, -0.1) is 0 Å². The molecule has 4 rings (SSSR count). The first-order valence-corrected chi connectivity index (χ1v) is 14.3. The minimum Gasteiger partial charge on any atom is -0.393 e. The summed E-state index contributed by atoms with van der Waals surface area (Å²) in [5.74, 6) is 0.368. The van der Waals surface area contributed by atoms with E-state index in [4.69, 9.17) is 0 Å². The third-order valence-electron chi connectivity index (χ3n) is 8.35. The highest BCUT2D eigenvalue weighted by atomic mass is 32.2. The average Bonchev–Trinajstić information content (AvgIpc) is 3.21. The van der Waals surface area contributed by atoms with Crippen molar-refractivity contribution < 1.29 is 23.0 Å². The quantitative estimate of drug-likeness (QED) is 0.435. The molecule has 3 aliphatic rings. The Balaban J connectivity index is 1.49. The molecule has 1 aromatic carbocycles. The first-order chi connectivity index (χ1) is 17.0. The van der Waals surface area contributed by atoms with Crippen LogP contribution in [0.25, 0.3) is 0 Å². The molecule has 0 bridgehead atoms. The van der Waals surface area contributed by atoms with Gasteiger partial charge in [-0.2, -0.15) is 4.39 Å². The number of hydrogen-bond acceptors (Lipinski definition) is 4. The highest BCUT2D eigenvalue weighted by Crippen LogP contribution is 2.57. The number of aliphatic hydroxyl groups is 2. The first kappa shape index (κ1) is 26.8. The summed E-state index contributed by atoms with van der Waals surface area (Å²) in [6.45, 7) is 8.34. The fourth-order valence-corrected chi connectivity index (χ4v) is 7.36. The number of halogens is 1. The van der Waals surface area contributed by atoms with Crippen molar-refractivity contribution in [3.05, 3.63) is 88.7 Å². The third-order valence-corrected chi connectivity index (χ3v) is 9.92. The summed E-state index contributed by atoms with van der Waals surface area (Å²) in [6.07, 6.45) is 11.6. The summed E-state index contributed by atoms with van der Waals surface area (Å²) in [5, 5.41) is 19.1. The van der Waals surface area contributed by atoms with Crippen LogP contribution in [-0.2, 0) is 9.84 Å². The second kappa shape index (κ2) is 10.6. The first-order valence-electron chi connectivity index (χ1n) is 12.8. The van der Waals surface area contributed by atoms with Gasteiger partial charge in [0.1, 0.15) is 0 Å². The molecule has 5 atom stereocenters. The van der Waals surface area contributed by atoms with Crippen LogP contribution in [-0.4, -0.2) is 30.8 Å². The average molecular weight is 513 g/mol. The maximum Gasteiger partial charge on any atom is 0.232 e. The Bertz CT molecular complexity index is 1220. The van der Waals surface area contributed by atoms with Crippen LogP contribution in [0.4, 0.5) is 4.39 Å². The molecular formula is C30H37FO4S. The molecule has 6 heteroatoms. The van der Waals surface area contributed by atoms with E-state index in [1.807, 2.05) is 13.0 Å². The van der Waals surface area contributed by atoms with Gasteiger partial charge < -0.3 is 10.2 Å². The summed E-state index contributed by atoms with van der Waals surface area (Å²) in [7, 11) is -4.12. The van der Waals surface area contributed by atoms with Gasteiger partial charge in [-0.05, 0) is 85.1 Å².